The van der Waals surface area contributed by atoms with Gasteiger partial charge in [-0.3, -0.25) is 9.78 Å². The van der Waals surface area contributed by atoms with Gasteiger partial charge in [0.25, 0.3) is 0 Å². The molecule has 1 aromatic carbocycles. The van der Waals surface area contributed by atoms with Gasteiger partial charge in [0.05, 0.1) is 12.2 Å². The summed E-state index contributed by atoms with van der Waals surface area (Å²) in [6.45, 7) is 2.96. The van der Waals surface area contributed by atoms with E-state index in [1.807, 2.05) is 25.1 Å². The molecular formula is C17H17NO3. The van der Waals surface area contributed by atoms with Gasteiger partial charge in [-0.15, -0.1) is 0 Å². The zero-order valence-electron chi connectivity index (χ0n) is 12.0. The first-order valence-electron chi connectivity index (χ1n) is 7.13. The standard InChI is InChI=1S/C17H17NO3/c1-2-13-16(21-11-12-5-8-18-9-6-12)4-3-14-15(19)7-10-20-17(13)14/h3-6,8-9H,2,7,10-11H2,1H3. The SMILES string of the molecule is CCc1c(OCc2ccncc2)ccc2c1OCCC2=O. The average Bonchev–Trinajstić information content (AvgIpc) is 2.53. The van der Waals surface area contributed by atoms with Gasteiger partial charge in [0, 0.05) is 24.4 Å². The molecule has 0 spiro atoms. The van der Waals surface area contributed by atoms with Crippen molar-refractivity contribution in [1.82, 2.24) is 4.98 Å². The summed E-state index contributed by atoms with van der Waals surface area (Å²) in [7, 11) is 0. The van der Waals surface area contributed by atoms with Crippen molar-refractivity contribution >= 4 is 5.78 Å². The molecule has 3 rings (SSSR count). The van der Waals surface area contributed by atoms with Gasteiger partial charge in [-0.25, -0.2) is 0 Å². The van der Waals surface area contributed by atoms with Crippen LogP contribution in [-0.2, 0) is 13.0 Å². The van der Waals surface area contributed by atoms with Gasteiger partial charge in [0.15, 0.2) is 5.78 Å². The van der Waals surface area contributed by atoms with Gasteiger partial charge in [-0.1, -0.05) is 6.92 Å². The monoisotopic (exact) mass is 283 g/mol. The van der Waals surface area contributed by atoms with Crippen LogP contribution in [0.1, 0.15) is 34.8 Å². The molecule has 0 unspecified atom stereocenters. The van der Waals surface area contributed by atoms with Gasteiger partial charge in [0.1, 0.15) is 18.1 Å². The minimum Gasteiger partial charge on any atom is -0.492 e. The normalized spacial score (nSPS) is 13.5. The maximum absolute atomic E-state index is 11.9. The molecule has 108 valence electrons. The largest absolute Gasteiger partial charge is 0.492 e. The summed E-state index contributed by atoms with van der Waals surface area (Å²) >= 11 is 0. The minimum absolute atomic E-state index is 0.145. The Labute approximate surface area is 123 Å². The fourth-order valence-corrected chi connectivity index (χ4v) is 2.48. The lowest BCUT2D eigenvalue weighted by atomic mass is 9.99. The van der Waals surface area contributed by atoms with E-state index in [4.69, 9.17) is 9.47 Å². The van der Waals surface area contributed by atoms with Gasteiger partial charge < -0.3 is 9.47 Å². The Hall–Kier alpha value is -2.36. The number of hydrogen-bond acceptors (Lipinski definition) is 4. The molecule has 1 aliphatic rings. The Morgan fingerprint density at radius 1 is 1.24 bits per heavy atom. The maximum Gasteiger partial charge on any atom is 0.170 e. The molecule has 0 bridgehead atoms. The van der Waals surface area contributed by atoms with Crippen molar-refractivity contribution in [2.75, 3.05) is 6.61 Å². The van der Waals surface area contributed by atoms with Crippen molar-refractivity contribution in [3.63, 3.8) is 0 Å². The Morgan fingerprint density at radius 3 is 2.81 bits per heavy atom. The van der Waals surface area contributed by atoms with E-state index in [2.05, 4.69) is 4.98 Å². The molecule has 0 saturated heterocycles. The summed E-state index contributed by atoms with van der Waals surface area (Å²) in [4.78, 5) is 15.9. The molecule has 4 heteroatoms. The Bertz CT molecular complexity index is 653. The number of ketones is 1. The Kier molecular flexibility index (Phi) is 3.86. The molecule has 0 aliphatic carbocycles. The van der Waals surface area contributed by atoms with Crippen molar-refractivity contribution in [1.29, 1.82) is 0 Å². The number of nitrogens with zero attached hydrogens (tertiary/aromatic N) is 1. The summed E-state index contributed by atoms with van der Waals surface area (Å²) < 4.78 is 11.6. The molecule has 0 fully saturated rings. The van der Waals surface area contributed by atoms with Gasteiger partial charge in [0.2, 0.25) is 0 Å². The van der Waals surface area contributed by atoms with Crippen LogP contribution in [0.2, 0.25) is 0 Å². The van der Waals surface area contributed by atoms with Gasteiger partial charge >= 0.3 is 0 Å². The topological polar surface area (TPSA) is 48.4 Å². The number of benzene rings is 1. The lowest BCUT2D eigenvalue weighted by molar-refractivity contribution is 0.0932. The van der Waals surface area contributed by atoms with E-state index in [1.165, 1.54) is 0 Å². The van der Waals surface area contributed by atoms with Crippen LogP contribution in [0.3, 0.4) is 0 Å². The van der Waals surface area contributed by atoms with Gasteiger partial charge in [-0.05, 0) is 36.2 Å². The lowest BCUT2D eigenvalue weighted by Gasteiger charge is -2.21. The number of pyridine rings is 1. The van der Waals surface area contributed by atoms with E-state index in [0.717, 1.165) is 23.3 Å². The lowest BCUT2D eigenvalue weighted by Crippen LogP contribution is -2.17. The third-order valence-corrected chi connectivity index (χ3v) is 3.59. The van der Waals surface area contributed by atoms with Gasteiger partial charge in [-0.2, -0.15) is 0 Å². The minimum atomic E-state index is 0.145. The van der Waals surface area contributed by atoms with Crippen molar-refractivity contribution < 1.29 is 14.3 Å². The van der Waals surface area contributed by atoms with Crippen LogP contribution in [0.15, 0.2) is 36.7 Å². The van der Waals surface area contributed by atoms with E-state index < -0.39 is 0 Å². The predicted octanol–water partition coefficient (Wildman–Crippen LogP) is 3.19. The number of ether oxygens (including phenoxy) is 2. The third kappa shape index (κ3) is 2.75. The van der Waals surface area contributed by atoms with E-state index in [1.54, 1.807) is 18.5 Å². The fraction of sp³-hybridized carbons (Fsp3) is 0.294. The number of fused-ring (bicyclic) bond motifs is 1. The van der Waals surface area contributed by atoms with Crippen LogP contribution < -0.4 is 9.47 Å². The van der Waals surface area contributed by atoms with Crippen LogP contribution in [-0.4, -0.2) is 17.4 Å². The molecule has 0 saturated carbocycles. The summed E-state index contributed by atoms with van der Waals surface area (Å²) in [5, 5.41) is 0. The molecule has 0 amide bonds. The first-order valence-corrected chi connectivity index (χ1v) is 7.13. The Balaban J connectivity index is 1.87. The highest BCUT2D eigenvalue weighted by molar-refractivity contribution is 6.00. The molecular weight excluding hydrogens is 266 g/mol. The van der Waals surface area contributed by atoms with Crippen LogP contribution in [0.4, 0.5) is 0 Å². The summed E-state index contributed by atoms with van der Waals surface area (Å²) in [6.07, 6.45) is 4.71. The molecule has 2 heterocycles. The first kappa shape index (κ1) is 13.6. The van der Waals surface area contributed by atoms with E-state index >= 15 is 0 Å². The van der Waals surface area contributed by atoms with Crippen molar-refractivity contribution in [2.24, 2.45) is 0 Å². The molecule has 1 aliphatic heterocycles. The second kappa shape index (κ2) is 5.95. The highest BCUT2D eigenvalue weighted by Gasteiger charge is 2.23. The molecule has 21 heavy (non-hydrogen) atoms. The third-order valence-electron chi connectivity index (χ3n) is 3.59. The molecule has 1 aromatic heterocycles. The van der Waals surface area contributed by atoms with Crippen LogP contribution in [0.25, 0.3) is 0 Å². The number of Topliss-reactive ketones (excluding diaryl/α,β-unsaturated/α-hetero) is 1. The highest BCUT2D eigenvalue weighted by Crippen LogP contribution is 2.36. The highest BCUT2D eigenvalue weighted by atomic mass is 16.5. The number of carbonyl (C=O) groups excluding carboxylic acids is 1. The van der Waals surface area contributed by atoms with Crippen LogP contribution in [0, 0.1) is 0 Å². The quantitative estimate of drug-likeness (QED) is 0.864. The molecule has 0 N–H and O–H groups in total. The summed E-state index contributed by atoms with van der Waals surface area (Å²) in [6, 6.07) is 7.51. The number of rotatable bonds is 4. The number of hydrogen-bond donors (Lipinski definition) is 0. The van der Waals surface area contributed by atoms with Crippen molar-refractivity contribution in [3.05, 3.63) is 53.3 Å². The number of aromatic nitrogens is 1. The maximum atomic E-state index is 11.9. The molecule has 0 radical (unpaired) electrons. The average molecular weight is 283 g/mol. The zero-order chi connectivity index (χ0) is 14.7. The van der Waals surface area contributed by atoms with Crippen molar-refractivity contribution in [3.8, 4) is 11.5 Å². The second-order valence-corrected chi connectivity index (χ2v) is 4.94. The Morgan fingerprint density at radius 2 is 2.05 bits per heavy atom. The molecule has 4 nitrogen and oxygen atoms in total. The number of carbonyl (C=O) groups is 1. The second-order valence-electron chi connectivity index (χ2n) is 4.94. The summed E-state index contributed by atoms with van der Waals surface area (Å²) in [5.74, 6) is 1.62. The molecule has 2 aromatic rings. The zero-order valence-corrected chi connectivity index (χ0v) is 12.0. The summed E-state index contributed by atoms with van der Waals surface area (Å²) in [5.41, 5.74) is 2.70. The molecule has 0 atom stereocenters. The predicted molar refractivity (Wildman–Crippen MR) is 78.8 cm³/mol. The first-order chi connectivity index (χ1) is 10.3. The van der Waals surface area contributed by atoms with E-state index in [-0.39, 0.29) is 5.78 Å². The van der Waals surface area contributed by atoms with Crippen LogP contribution in [0.5, 0.6) is 11.5 Å². The van der Waals surface area contributed by atoms with Crippen molar-refractivity contribution in [2.45, 2.75) is 26.4 Å². The van der Waals surface area contributed by atoms with Crippen LogP contribution >= 0.6 is 0 Å². The smallest absolute Gasteiger partial charge is 0.170 e. The fourth-order valence-electron chi connectivity index (χ4n) is 2.48. The van der Waals surface area contributed by atoms with E-state index in [9.17, 15) is 4.79 Å². The van der Waals surface area contributed by atoms with E-state index in [0.29, 0.717) is 30.9 Å².